The number of hydrogen-bond donors (Lipinski definition) is 0. The number of alkyl halides is 3. The van der Waals surface area contributed by atoms with E-state index in [4.69, 9.17) is 0 Å². The fourth-order valence-electron chi connectivity index (χ4n) is 1.28. The SMILES string of the molecule is [CH2]C(C=C)c1cc([N+](=O)[O-])ccc1OC(F)(F)F. The predicted molar refractivity (Wildman–Crippen MR) is 58.1 cm³/mol. The topological polar surface area (TPSA) is 52.4 Å². The quantitative estimate of drug-likeness (QED) is 0.472. The highest BCUT2D eigenvalue weighted by atomic mass is 19.4. The van der Waals surface area contributed by atoms with Gasteiger partial charge >= 0.3 is 6.36 Å². The minimum absolute atomic E-state index is 0.0449. The lowest BCUT2D eigenvalue weighted by Crippen LogP contribution is -2.18. The molecule has 1 unspecified atom stereocenters. The molecule has 0 aliphatic rings. The molecular formula is C11H9F3NO3. The molecule has 1 aromatic rings. The maximum Gasteiger partial charge on any atom is 0.573 e. The molecule has 0 saturated carbocycles. The van der Waals surface area contributed by atoms with E-state index in [0.717, 1.165) is 18.2 Å². The minimum Gasteiger partial charge on any atom is -0.405 e. The van der Waals surface area contributed by atoms with E-state index >= 15 is 0 Å². The summed E-state index contributed by atoms with van der Waals surface area (Å²) < 4.78 is 40.2. The molecule has 0 amide bonds. The van der Waals surface area contributed by atoms with Gasteiger partial charge in [-0.25, -0.2) is 0 Å². The third-order valence-electron chi connectivity index (χ3n) is 2.11. The Hall–Kier alpha value is -2.05. The van der Waals surface area contributed by atoms with Crippen LogP contribution in [0.1, 0.15) is 11.5 Å². The molecule has 4 nitrogen and oxygen atoms in total. The average Bonchev–Trinajstić information content (AvgIpc) is 2.26. The zero-order valence-electron chi connectivity index (χ0n) is 9.11. The van der Waals surface area contributed by atoms with Crippen molar-refractivity contribution in [2.24, 2.45) is 0 Å². The van der Waals surface area contributed by atoms with Crippen molar-refractivity contribution in [3.8, 4) is 5.75 Å². The number of rotatable bonds is 4. The first-order valence-corrected chi connectivity index (χ1v) is 4.74. The highest BCUT2D eigenvalue weighted by molar-refractivity contribution is 5.47. The summed E-state index contributed by atoms with van der Waals surface area (Å²) in [5.41, 5.74) is -0.383. The van der Waals surface area contributed by atoms with Crippen molar-refractivity contribution in [3.63, 3.8) is 0 Å². The molecule has 0 N–H and O–H groups in total. The molecule has 1 rings (SSSR count). The van der Waals surface area contributed by atoms with Gasteiger partial charge in [0, 0.05) is 23.6 Å². The van der Waals surface area contributed by atoms with Gasteiger partial charge in [0.05, 0.1) is 4.92 Å². The standard InChI is InChI=1S/C11H9F3NO3/c1-3-7(2)9-6-8(15(16)17)4-5-10(9)18-11(12,13)14/h3-7H,1-2H2. The van der Waals surface area contributed by atoms with Crippen LogP contribution in [-0.2, 0) is 0 Å². The van der Waals surface area contributed by atoms with Crippen LogP contribution < -0.4 is 4.74 Å². The van der Waals surface area contributed by atoms with Crippen LogP contribution in [0.25, 0.3) is 0 Å². The molecule has 0 heterocycles. The Kier molecular flexibility index (Phi) is 3.95. The highest BCUT2D eigenvalue weighted by Crippen LogP contribution is 2.34. The Morgan fingerprint density at radius 2 is 2.06 bits per heavy atom. The number of nitrogens with zero attached hydrogens (tertiary/aromatic N) is 1. The maximum atomic E-state index is 12.1. The molecule has 0 fully saturated rings. The summed E-state index contributed by atoms with van der Waals surface area (Å²) in [6, 6.07) is 2.81. The van der Waals surface area contributed by atoms with Crippen LogP contribution in [0.5, 0.6) is 5.75 Å². The van der Waals surface area contributed by atoms with Gasteiger partial charge in [0.15, 0.2) is 0 Å². The van der Waals surface area contributed by atoms with E-state index in [1.807, 2.05) is 0 Å². The summed E-state index contributed by atoms with van der Waals surface area (Å²) in [7, 11) is 0. The average molecular weight is 260 g/mol. The van der Waals surface area contributed by atoms with Crippen LogP contribution in [0.15, 0.2) is 30.9 Å². The number of ether oxygens (including phenoxy) is 1. The summed E-state index contributed by atoms with van der Waals surface area (Å²) in [6.45, 7) is 6.91. The van der Waals surface area contributed by atoms with Crippen LogP contribution in [-0.4, -0.2) is 11.3 Å². The largest absolute Gasteiger partial charge is 0.573 e. The van der Waals surface area contributed by atoms with Crippen molar-refractivity contribution in [3.05, 3.63) is 53.5 Å². The van der Waals surface area contributed by atoms with E-state index in [2.05, 4.69) is 18.2 Å². The van der Waals surface area contributed by atoms with Crippen molar-refractivity contribution < 1.29 is 22.8 Å². The fourth-order valence-corrected chi connectivity index (χ4v) is 1.28. The maximum absolute atomic E-state index is 12.1. The molecule has 1 atom stereocenters. The smallest absolute Gasteiger partial charge is 0.405 e. The Morgan fingerprint density at radius 3 is 2.50 bits per heavy atom. The zero-order valence-corrected chi connectivity index (χ0v) is 9.11. The number of nitro benzene ring substituents is 1. The lowest BCUT2D eigenvalue weighted by molar-refractivity contribution is -0.385. The Labute approximate surface area is 101 Å². The predicted octanol–water partition coefficient (Wildman–Crippen LogP) is 3.60. The Morgan fingerprint density at radius 1 is 1.44 bits per heavy atom. The number of non-ortho nitro benzene ring substituents is 1. The third kappa shape index (κ3) is 3.47. The second-order valence-corrected chi connectivity index (χ2v) is 3.37. The molecule has 0 aliphatic heterocycles. The first-order valence-electron chi connectivity index (χ1n) is 4.74. The van der Waals surface area contributed by atoms with Gasteiger partial charge in [-0.1, -0.05) is 6.08 Å². The molecule has 18 heavy (non-hydrogen) atoms. The Bertz CT molecular complexity index is 471. The molecule has 0 spiro atoms. The van der Waals surface area contributed by atoms with E-state index in [9.17, 15) is 23.3 Å². The van der Waals surface area contributed by atoms with Crippen molar-refractivity contribution in [2.75, 3.05) is 0 Å². The van der Waals surface area contributed by atoms with Gasteiger partial charge in [0.2, 0.25) is 0 Å². The van der Waals surface area contributed by atoms with Crippen molar-refractivity contribution in [2.45, 2.75) is 12.3 Å². The molecular weight excluding hydrogens is 251 g/mol. The van der Waals surface area contributed by atoms with E-state index in [-0.39, 0.29) is 11.3 Å². The minimum atomic E-state index is -4.87. The molecule has 0 bridgehead atoms. The van der Waals surface area contributed by atoms with Crippen molar-refractivity contribution in [1.82, 2.24) is 0 Å². The number of halogens is 3. The molecule has 0 aliphatic carbocycles. The van der Waals surface area contributed by atoms with Crippen molar-refractivity contribution in [1.29, 1.82) is 0 Å². The number of hydrogen-bond acceptors (Lipinski definition) is 3. The molecule has 0 saturated heterocycles. The zero-order chi connectivity index (χ0) is 13.9. The molecule has 0 aromatic heterocycles. The van der Waals surface area contributed by atoms with E-state index < -0.39 is 23.0 Å². The first-order chi connectivity index (χ1) is 8.24. The number of nitro groups is 1. The van der Waals surface area contributed by atoms with Crippen LogP contribution in [0.4, 0.5) is 18.9 Å². The molecule has 7 heteroatoms. The molecule has 97 valence electrons. The lowest BCUT2D eigenvalue weighted by atomic mass is 10.00. The van der Waals surface area contributed by atoms with Crippen LogP contribution >= 0.6 is 0 Å². The van der Waals surface area contributed by atoms with Crippen LogP contribution in [0, 0.1) is 17.0 Å². The van der Waals surface area contributed by atoms with Gasteiger partial charge in [-0.2, -0.15) is 0 Å². The van der Waals surface area contributed by atoms with E-state index in [0.29, 0.717) is 0 Å². The van der Waals surface area contributed by atoms with E-state index in [1.165, 1.54) is 6.08 Å². The van der Waals surface area contributed by atoms with Crippen LogP contribution in [0.2, 0.25) is 0 Å². The van der Waals surface area contributed by atoms with Gasteiger partial charge in [-0.3, -0.25) is 10.1 Å². The van der Waals surface area contributed by atoms with E-state index in [1.54, 1.807) is 0 Å². The molecule has 1 radical (unpaired) electrons. The second kappa shape index (κ2) is 5.07. The monoisotopic (exact) mass is 260 g/mol. The summed E-state index contributed by atoms with van der Waals surface area (Å²) in [5.74, 6) is -1.27. The first kappa shape index (κ1) is 14.0. The summed E-state index contributed by atoms with van der Waals surface area (Å²) in [4.78, 5) is 9.85. The van der Waals surface area contributed by atoms with Crippen LogP contribution in [0.3, 0.4) is 0 Å². The normalized spacial score (nSPS) is 12.9. The summed E-state index contributed by atoms with van der Waals surface area (Å²) in [6.07, 6.45) is -3.60. The second-order valence-electron chi connectivity index (χ2n) is 3.37. The summed E-state index contributed by atoms with van der Waals surface area (Å²) in [5, 5.41) is 10.6. The number of benzene rings is 1. The third-order valence-corrected chi connectivity index (χ3v) is 2.11. The highest BCUT2D eigenvalue weighted by Gasteiger charge is 2.33. The van der Waals surface area contributed by atoms with Gasteiger partial charge in [-0.15, -0.1) is 19.8 Å². The summed E-state index contributed by atoms with van der Waals surface area (Å²) >= 11 is 0. The van der Waals surface area contributed by atoms with Gasteiger partial charge in [-0.05, 0) is 13.0 Å². The molecule has 1 aromatic carbocycles. The lowest BCUT2D eigenvalue weighted by Gasteiger charge is -2.15. The van der Waals surface area contributed by atoms with Gasteiger partial charge in [0.25, 0.3) is 5.69 Å². The van der Waals surface area contributed by atoms with Gasteiger partial charge < -0.3 is 4.74 Å². The Balaban J connectivity index is 3.25. The fraction of sp³-hybridized carbons (Fsp3) is 0.182. The van der Waals surface area contributed by atoms with Crippen molar-refractivity contribution >= 4 is 5.69 Å². The number of allylic oxidation sites excluding steroid dienone is 1. The van der Waals surface area contributed by atoms with Gasteiger partial charge in [0.1, 0.15) is 5.75 Å².